The van der Waals surface area contributed by atoms with Crippen LogP contribution in [-0.4, -0.2) is 37.1 Å². The Balaban J connectivity index is 1.24. The van der Waals surface area contributed by atoms with Crippen LogP contribution in [0.1, 0.15) is 36.8 Å². The summed E-state index contributed by atoms with van der Waals surface area (Å²) in [7, 11) is 0. The van der Waals surface area contributed by atoms with Crippen LogP contribution >= 0.6 is 0 Å². The van der Waals surface area contributed by atoms with Crippen molar-refractivity contribution in [1.29, 1.82) is 5.26 Å². The Morgan fingerprint density at radius 2 is 1.76 bits per heavy atom. The van der Waals surface area contributed by atoms with Crippen molar-refractivity contribution in [3.8, 4) is 6.07 Å². The van der Waals surface area contributed by atoms with Gasteiger partial charge in [-0.1, -0.05) is 12.1 Å². The molecule has 0 aliphatic carbocycles. The predicted molar refractivity (Wildman–Crippen MR) is 114 cm³/mol. The van der Waals surface area contributed by atoms with Crippen LogP contribution in [0.2, 0.25) is 0 Å². The molecule has 2 aliphatic heterocycles. The number of amides is 1. The Bertz CT molecular complexity index is 858. The molecule has 150 valence electrons. The second-order valence-corrected chi connectivity index (χ2v) is 7.86. The second kappa shape index (κ2) is 8.95. The molecule has 1 N–H and O–H groups in total. The van der Waals surface area contributed by atoms with Gasteiger partial charge in [-0.3, -0.25) is 4.79 Å². The first-order valence-corrected chi connectivity index (χ1v) is 10.5. The van der Waals surface area contributed by atoms with Gasteiger partial charge in [0.25, 0.3) is 0 Å². The van der Waals surface area contributed by atoms with Crippen LogP contribution in [0.4, 0.5) is 11.5 Å². The smallest absolute Gasteiger partial charge is 0.223 e. The minimum Gasteiger partial charge on any atom is -0.372 e. The first kappa shape index (κ1) is 19.3. The lowest BCUT2D eigenvalue weighted by molar-refractivity contribution is -0.125. The molecule has 2 fully saturated rings. The summed E-state index contributed by atoms with van der Waals surface area (Å²) in [5, 5.41) is 12.0. The van der Waals surface area contributed by atoms with Gasteiger partial charge in [0.2, 0.25) is 5.91 Å². The first-order valence-electron chi connectivity index (χ1n) is 10.5. The number of carbonyl (C=O) groups is 1. The van der Waals surface area contributed by atoms with Gasteiger partial charge in [0.15, 0.2) is 0 Å². The minimum atomic E-state index is 0.0495. The third kappa shape index (κ3) is 4.68. The van der Waals surface area contributed by atoms with Crippen LogP contribution < -0.4 is 15.1 Å². The predicted octanol–water partition coefficient (Wildman–Crippen LogP) is 3.09. The topological polar surface area (TPSA) is 72.3 Å². The summed E-state index contributed by atoms with van der Waals surface area (Å²) in [6.45, 7) is 4.49. The van der Waals surface area contributed by atoms with Crippen molar-refractivity contribution in [2.45, 2.75) is 32.2 Å². The van der Waals surface area contributed by atoms with E-state index < -0.39 is 0 Å². The lowest BCUT2D eigenvalue weighted by Gasteiger charge is -2.32. The normalized spacial score (nSPS) is 17.2. The number of anilines is 2. The van der Waals surface area contributed by atoms with Crippen molar-refractivity contribution >= 4 is 17.4 Å². The lowest BCUT2D eigenvalue weighted by atomic mass is 9.95. The van der Waals surface area contributed by atoms with E-state index in [0.29, 0.717) is 12.1 Å². The average Bonchev–Trinajstić information content (AvgIpc) is 3.33. The van der Waals surface area contributed by atoms with E-state index in [2.05, 4.69) is 50.4 Å². The zero-order valence-corrected chi connectivity index (χ0v) is 16.7. The van der Waals surface area contributed by atoms with Crippen molar-refractivity contribution in [2.75, 3.05) is 36.0 Å². The van der Waals surface area contributed by atoms with Crippen LogP contribution in [-0.2, 0) is 11.3 Å². The number of aromatic nitrogens is 1. The Morgan fingerprint density at radius 3 is 2.38 bits per heavy atom. The number of nitriles is 1. The quantitative estimate of drug-likeness (QED) is 0.851. The number of hydrogen-bond acceptors (Lipinski definition) is 5. The Hall–Kier alpha value is -3.07. The highest BCUT2D eigenvalue weighted by atomic mass is 16.1. The second-order valence-electron chi connectivity index (χ2n) is 7.86. The zero-order chi connectivity index (χ0) is 20.1. The summed E-state index contributed by atoms with van der Waals surface area (Å²) in [5.41, 5.74) is 2.98. The monoisotopic (exact) mass is 389 g/mol. The van der Waals surface area contributed by atoms with Crippen molar-refractivity contribution < 1.29 is 4.79 Å². The van der Waals surface area contributed by atoms with Crippen LogP contribution in [0.3, 0.4) is 0 Å². The molecule has 1 aromatic carbocycles. The number of nitrogens with zero attached hydrogens (tertiary/aromatic N) is 4. The number of carbonyl (C=O) groups excluding carboxylic acids is 1. The van der Waals surface area contributed by atoms with E-state index in [1.807, 2.05) is 6.07 Å². The molecule has 2 aliphatic rings. The van der Waals surface area contributed by atoms with Gasteiger partial charge in [0, 0.05) is 50.5 Å². The number of nitrogens with one attached hydrogen (secondary N) is 1. The fourth-order valence-corrected chi connectivity index (χ4v) is 4.14. The maximum atomic E-state index is 12.6. The number of hydrogen-bond donors (Lipinski definition) is 1. The number of benzene rings is 1. The maximum Gasteiger partial charge on any atom is 0.223 e. The molecule has 1 aromatic heterocycles. The van der Waals surface area contributed by atoms with Crippen molar-refractivity contribution in [3.63, 3.8) is 0 Å². The molecule has 0 spiro atoms. The zero-order valence-electron chi connectivity index (χ0n) is 16.7. The van der Waals surface area contributed by atoms with E-state index in [-0.39, 0.29) is 11.8 Å². The molecule has 0 unspecified atom stereocenters. The standard InChI is InChI=1S/C23H27N5O/c24-15-19-5-8-22(25-17-19)28-13-9-20(10-14-28)23(29)26-16-18-3-6-21(7-4-18)27-11-1-2-12-27/h3-8,17,20H,1-2,9-14,16H2,(H,26,29). The molecule has 4 rings (SSSR count). The SMILES string of the molecule is N#Cc1ccc(N2CCC(C(=O)NCc3ccc(N4CCCC4)cc3)CC2)nc1. The largest absolute Gasteiger partial charge is 0.372 e. The number of piperidine rings is 1. The lowest BCUT2D eigenvalue weighted by Crippen LogP contribution is -2.40. The highest BCUT2D eigenvalue weighted by molar-refractivity contribution is 5.79. The summed E-state index contributed by atoms with van der Waals surface area (Å²) in [5.74, 6) is 1.07. The van der Waals surface area contributed by atoms with Crippen molar-refractivity contribution in [1.82, 2.24) is 10.3 Å². The van der Waals surface area contributed by atoms with Gasteiger partial charge in [-0.15, -0.1) is 0 Å². The third-order valence-electron chi connectivity index (χ3n) is 5.94. The van der Waals surface area contributed by atoms with E-state index >= 15 is 0 Å². The molecular formula is C23H27N5O. The van der Waals surface area contributed by atoms with Gasteiger partial charge >= 0.3 is 0 Å². The average molecular weight is 390 g/mol. The Labute approximate surface area is 172 Å². The molecule has 0 bridgehead atoms. The van der Waals surface area contributed by atoms with E-state index in [1.54, 1.807) is 12.3 Å². The minimum absolute atomic E-state index is 0.0495. The molecule has 6 heteroatoms. The van der Waals surface area contributed by atoms with Gasteiger partial charge < -0.3 is 15.1 Å². The molecule has 2 aromatic rings. The van der Waals surface area contributed by atoms with Gasteiger partial charge in [-0.2, -0.15) is 5.26 Å². The molecule has 1 amide bonds. The van der Waals surface area contributed by atoms with Crippen molar-refractivity contribution in [2.24, 2.45) is 5.92 Å². The molecule has 0 radical (unpaired) electrons. The van der Waals surface area contributed by atoms with Gasteiger partial charge in [-0.05, 0) is 55.5 Å². The molecule has 29 heavy (non-hydrogen) atoms. The number of pyridine rings is 1. The first-order chi connectivity index (χ1) is 14.2. The van der Waals surface area contributed by atoms with Gasteiger partial charge in [-0.25, -0.2) is 4.98 Å². The highest BCUT2D eigenvalue weighted by Crippen LogP contribution is 2.23. The summed E-state index contributed by atoms with van der Waals surface area (Å²) >= 11 is 0. The van der Waals surface area contributed by atoms with Crippen LogP contribution in [0.5, 0.6) is 0 Å². The molecular weight excluding hydrogens is 362 g/mol. The van der Waals surface area contributed by atoms with Crippen molar-refractivity contribution in [3.05, 3.63) is 53.7 Å². The fraction of sp³-hybridized carbons (Fsp3) is 0.435. The Kier molecular flexibility index (Phi) is 5.95. The fourth-order valence-electron chi connectivity index (χ4n) is 4.14. The van der Waals surface area contributed by atoms with E-state index in [4.69, 9.17) is 5.26 Å². The van der Waals surface area contributed by atoms with E-state index in [9.17, 15) is 4.79 Å². The molecule has 0 saturated carbocycles. The third-order valence-corrected chi connectivity index (χ3v) is 5.94. The van der Waals surface area contributed by atoms with Crippen LogP contribution in [0.15, 0.2) is 42.6 Å². The van der Waals surface area contributed by atoms with Gasteiger partial charge in [0.1, 0.15) is 11.9 Å². The molecule has 0 atom stereocenters. The van der Waals surface area contributed by atoms with Crippen LogP contribution in [0, 0.1) is 17.2 Å². The summed E-state index contributed by atoms with van der Waals surface area (Å²) in [6.07, 6.45) is 5.79. The van der Waals surface area contributed by atoms with E-state index in [1.165, 1.54) is 18.5 Å². The summed E-state index contributed by atoms with van der Waals surface area (Å²) in [4.78, 5) is 21.5. The maximum absolute atomic E-state index is 12.6. The summed E-state index contributed by atoms with van der Waals surface area (Å²) in [6, 6.07) is 14.3. The summed E-state index contributed by atoms with van der Waals surface area (Å²) < 4.78 is 0. The molecule has 3 heterocycles. The van der Waals surface area contributed by atoms with E-state index in [0.717, 1.165) is 50.4 Å². The molecule has 2 saturated heterocycles. The molecule has 6 nitrogen and oxygen atoms in total. The highest BCUT2D eigenvalue weighted by Gasteiger charge is 2.25. The van der Waals surface area contributed by atoms with Crippen LogP contribution in [0.25, 0.3) is 0 Å². The van der Waals surface area contributed by atoms with Gasteiger partial charge in [0.05, 0.1) is 5.56 Å². The number of rotatable bonds is 5. The Morgan fingerprint density at radius 1 is 1.03 bits per heavy atom.